The fourth-order valence-electron chi connectivity index (χ4n) is 3.60. The molecular formula is C15H20N4O3S. The molecule has 7 nitrogen and oxygen atoms in total. The highest BCUT2D eigenvalue weighted by atomic mass is 32.2. The van der Waals surface area contributed by atoms with Gasteiger partial charge in [0.2, 0.25) is 0 Å². The number of fused-ring (bicyclic) bond motifs is 1. The normalized spacial score (nSPS) is 28.0. The molecule has 0 unspecified atom stereocenters. The molecule has 2 aromatic rings. The molecule has 0 radical (unpaired) electrons. The predicted molar refractivity (Wildman–Crippen MR) is 85.6 cm³/mol. The van der Waals surface area contributed by atoms with Gasteiger partial charge >= 0.3 is 0 Å². The molecule has 8 heteroatoms. The summed E-state index contributed by atoms with van der Waals surface area (Å²) in [4.78, 5) is 4.41. The minimum atomic E-state index is -2.94. The third-order valence-electron chi connectivity index (χ3n) is 4.86. The van der Waals surface area contributed by atoms with Gasteiger partial charge in [-0.1, -0.05) is 0 Å². The van der Waals surface area contributed by atoms with Crippen molar-refractivity contribution in [1.29, 1.82) is 0 Å². The highest BCUT2D eigenvalue weighted by molar-refractivity contribution is 7.91. The SMILES string of the molecule is CN1CCN(Cc2ccc(-c3ccn[nH]3)o2)[C@@H]2CS(=O)(=O)C[C@@H]21. The van der Waals surface area contributed by atoms with Crippen molar-refractivity contribution in [2.75, 3.05) is 31.6 Å². The maximum absolute atomic E-state index is 12.0. The van der Waals surface area contributed by atoms with Crippen molar-refractivity contribution >= 4 is 9.84 Å². The molecule has 4 heterocycles. The van der Waals surface area contributed by atoms with Gasteiger partial charge in [0, 0.05) is 31.4 Å². The monoisotopic (exact) mass is 336 g/mol. The van der Waals surface area contributed by atoms with E-state index >= 15 is 0 Å². The standard InChI is InChI=1S/C15H20N4O3S/c1-18-6-7-19(14-10-23(20,21)9-13(14)18)8-11-2-3-15(22-11)12-4-5-16-17-12/h2-5,13-14H,6-10H2,1H3,(H,16,17)/t13-,14+/m0/s1. The number of H-pyrrole nitrogens is 1. The van der Waals surface area contributed by atoms with E-state index in [9.17, 15) is 8.42 Å². The lowest BCUT2D eigenvalue weighted by Gasteiger charge is -2.41. The van der Waals surface area contributed by atoms with E-state index in [4.69, 9.17) is 4.42 Å². The third-order valence-corrected chi connectivity index (χ3v) is 6.55. The first kappa shape index (κ1) is 14.9. The molecule has 2 saturated heterocycles. The number of furan rings is 1. The van der Waals surface area contributed by atoms with E-state index in [0.29, 0.717) is 6.54 Å². The van der Waals surface area contributed by atoms with Gasteiger partial charge in [-0.05, 0) is 25.2 Å². The molecule has 2 fully saturated rings. The van der Waals surface area contributed by atoms with E-state index in [0.717, 1.165) is 30.3 Å². The zero-order valence-electron chi connectivity index (χ0n) is 13.0. The minimum absolute atomic E-state index is 0.0551. The quantitative estimate of drug-likeness (QED) is 0.883. The van der Waals surface area contributed by atoms with Crippen LogP contribution in [0.5, 0.6) is 0 Å². The van der Waals surface area contributed by atoms with Crippen LogP contribution in [0, 0.1) is 0 Å². The number of nitrogens with one attached hydrogen (secondary N) is 1. The lowest BCUT2D eigenvalue weighted by molar-refractivity contribution is 0.0527. The number of hydrogen-bond acceptors (Lipinski definition) is 6. The van der Waals surface area contributed by atoms with Crippen LogP contribution in [0.25, 0.3) is 11.5 Å². The smallest absolute Gasteiger partial charge is 0.153 e. The summed E-state index contributed by atoms with van der Waals surface area (Å²) in [5, 5.41) is 6.80. The van der Waals surface area contributed by atoms with Crippen LogP contribution in [0.15, 0.2) is 28.8 Å². The second-order valence-electron chi connectivity index (χ2n) is 6.40. The van der Waals surface area contributed by atoms with Crippen LogP contribution < -0.4 is 0 Å². The van der Waals surface area contributed by atoms with E-state index in [-0.39, 0.29) is 23.6 Å². The van der Waals surface area contributed by atoms with Crippen LogP contribution in [0.3, 0.4) is 0 Å². The summed E-state index contributed by atoms with van der Waals surface area (Å²) >= 11 is 0. The van der Waals surface area contributed by atoms with E-state index in [1.54, 1.807) is 6.20 Å². The van der Waals surface area contributed by atoms with E-state index in [2.05, 4.69) is 20.0 Å². The van der Waals surface area contributed by atoms with E-state index in [1.165, 1.54) is 0 Å². The number of likely N-dealkylation sites (N-methyl/N-ethyl adjacent to an activating group) is 1. The van der Waals surface area contributed by atoms with Gasteiger partial charge < -0.3 is 4.42 Å². The zero-order chi connectivity index (χ0) is 16.0. The molecular weight excluding hydrogens is 316 g/mol. The molecule has 0 amide bonds. The first-order valence-corrected chi connectivity index (χ1v) is 9.57. The molecule has 2 aromatic heterocycles. The van der Waals surface area contributed by atoms with Crippen molar-refractivity contribution in [2.45, 2.75) is 18.6 Å². The van der Waals surface area contributed by atoms with Crippen molar-refractivity contribution in [3.63, 3.8) is 0 Å². The van der Waals surface area contributed by atoms with Gasteiger partial charge in [-0.25, -0.2) is 8.42 Å². The summed E-state index contributed by atoms with van der Waals surface area (Å²) in [7, 11) is -0.931. The number of aromatic nitrogens is 2. The van der Waals surface area contributed by atoms with Gasteiger partial charge in [0.15, 0.2) is 15.6 Å². The Morgan fingerprint density at radius 2 is 2.09 bits per heavy atom. The summed E-state index contributed by atoms with van der Waals surface area (Å²) in [6.45, 7) is 2.37. The Morgan fingerprint density at radius 1 is 1.26 bits per heavy atom. The molecule has 0 saturated carbocycles. The van der Waals surface area contributed by atoms with Crippen molar-refractivity contribution in [3.8, 4) is 11.5 Å². The summed E-state index contributed by atoms with van der Waals surface area (Å²) in [6, 6.07) is 5.88. The second-order valence-corrected chi connectivity index (χ2v) is 8.55. The van der Waals surface area contributed by atoms with Crippen LogP contribution in [0.2, 0.25) is 0 Å². The number of nitrogens with zero attached hydrogens (tertiary/aromatic N) is 3. The second kappa shape index (κ2) is 5.47. The van der Waals surface area contributed by atoms with E-state index in [1.807, 2.05) is 25.2 Å². The Morgan fingerprint density at radius 3 is 2.87 bits per heavy atom. The maximum atomic E-state index is 12.0. The Balaban J connectivity index is 1.52. The van der Waals surface area contributed by atoms with Crippen LogP contribution in [0.1, 0.15) is 5.76 Å². The molecule has 4 rings (SSSR count). The molecule has 124 valence electrons. The maximum Gasteiger partial charge on any atom is 0.153 e. The van der Waals surface area contributed by atoms with Crippen molar-refractivity contribution in [2.24, 2.45) is 0 Å². The fourth-order valence-corrected chi connectivity index (χ4v) is 5.68. The molecule has 0 bridgehead atoms. The Bertz CT molecular complexity index is 784. The minimum Gasteiger partial charge on any atom is -0.458 e. The van der Waals surface area contributed by atoms with Crippen molar-refractivity contribution in [1.82, 2.24) is 20.0 Å². The fraction of sp³-hybridized carbons (Fsp3) is 0.533. The molecule has 23 heavy (non-hydrogen) atoms. The van der Waals surface area contributed by atoms with Gasteiger partial charge in [0.05, 0.1) is 18.1 Å². The Hall–Kier alpha value is -1.64. The third kappa shape index (κ3) is 2.82. The number of sulfone groups is 1. The van der Waals surface area contributed by atoms with Crippen LogP contribution in [-0.4, -0.2) is 72.1 Å². The summed E-state index contributed by atoms with van der Waals surface area (Å²) in [5.74, 6) is 2.11. The number of hydrogen-bond donors (Lipinski definition) is 1. The Labute approximate surface area is 135 Å². The molecule has 2 aliphatic rings. The summed E-state index contributed by atoms with van der Waals surface area (Å²) < 4.78 is 29.9. The summed E-state index contributed by atoms with van der Waals surface area (Å²) in [5.41, 5.74) is 0.843. The van der Waals surface area contributed by atoms with Crippen molar-refractivity contribution in [3.05, 3.63) is 30.2 Å². The first-order chi connectivity index (χ1) is 11.0. The summed E-state index contributed by atoms with van der Waals surface area (Å²) in [6.07, 6.45) is 1.69. The zero-order valence-corrected chi connectivity index (χ0v) is 13.8. The molecule has 1 N–H and O–H groups in total. The average molecular weight is 336 g/mol. The van der Waals surface area contributed by atoms with Crippen LogP contribution >= 0.6 is 0 Å². The lowest BCUT2D eigenvalue weighted by Crippen LogP contribution is -2.57. The van der Waals surface area contributed by atoms with E-state index < -0.39 is 9.84 Å². The number of aromatic amines is 1. The first-order valence-electron chi connectivity index (χ1n) is 7.75. The highest BCUT2D eigenvalue weighted by Gasteiger charge is 2.45. The predicted octanol–water partition coefficient (Wildman–Crippen LogP) is 0.583. The lowest BCUT2D eigenvalue weighted by atomic mass is 10.1. The van der Waals surface area contributed by atoms with Gasteiger partial charge in [-0.2, -0.15) is 5.10 Å². The Kier molecular flexibility index (Phi) is 3.55. The van der Waals surface area contributed by atoms with Crippen molar-refractivity contribution < 1.29 is 12.8 Å². The van der Waals surface area contributed by atoms with Crippen LogP contribution in [-0.2, 0) is 16.4 Å². The van der Waals surface area contributed by atoms with Gasteiger partial charge in [0.1, 0.15) is 11.5 Å². The van der Waals surface area contributed by atoms with Gasteiger partial charge in [-0.15, -0.1) is 0 Å². The molecule has 2 atom stereocenters. The molecule has 2 aliphatic heterocycles. The number of piperazine rings is 1. The number of rotatable bonds is 3. The molecule has 0 aromatic carbocycles. The highest BCUT2D eigenvalue weighted by Crippen LogP contribution is 2.28. The van der Waals surface area contributed by atoms with Gasteiger partial charge in [0.25, 0.3) is 0 Å². The molecule has 0 spiro atoms. The molecule has 0 aliphatic carbocycles. The topological polar surface area (TPSA) is 82.4 Å². The average Bonchev–Trinajstić information content (AvgIpc) is 3.20. The largest absolute Gasteiger partial charge is 0.458 e. The van der Waals surface area contributed by atoms with Crippen LogP contribution in [0.4, 0.5) is 0 Å². The van der Waals surface area contributed by atoms with Gasteiger partial charge in [-0.3, -0.25) is 14.9 Å².